The fourth-order valence-corrected chi connectivity index (χ4v) is 6.75. The number of carbonyl (C=O) groups excluding carboxylic acids is 2. The van der Waals surface area contributed by atoms with E-state index in [4.69, 9.17) is 14.2 Å². The summed E-state index contributed by atoms with van der Waals surface area (Å²) in [6.07, 6.45) is -4.00. The molecule has 2 aliphatic carbocycles. The van der Waals surface area contributed by atoms with Crippen LogP contribution in [0.5, 0.6) is 0 Å². The molecule has 28 heavy (non-hydrogen) atoms. The van der Waals surface area contributed by atoms with Gasteiger partial charge in [0, 0.05) is 17.4 Å². The molecule has 0 unspecified atom stereocenters. The lowest BCUT2D eigenvalue weighted by Crippen LogP contribution is -2.76. The highest BCUT2D eigenvalue weighted by molar-refractivity contribution is 5.86. The van der Waals surface area contributed by atoms with Crippen molar-refractivity contribution >= 4 is 11.9 Å². The Bertz CT molecular complexity index is 865. The monoisotopic (exact) mass is 394 g/mol. The van der Waals surface area contributed by atoms with E-state index >= 15 is 0 Å². The van der Waals surface area contributed by atoms with Gasteiger partial charge in [0.15, 0.2) is 6.10 Å². The van der Waals surface area contributed by atoms with Crippen LogP contribution < -0.4 is 0 Å². The third-order valence-corrected chi connectivity index (χ3v) is 7.72. The molecule has 0 radical (unpaired) electrons. The molecular weight excluding hydrogens is 372 g/mol. The number of esters is 2. The van der Waals surface area contributed by atoms with Gasteiger partial charge in [-0.2, -0.15) is 0 Å². The van der Waals surface area contributed by atoms with E-state index in [0.29, 0.717) is 5.57 Å². The fraction of sp³-hybridized carbons (Fsp3) is 0.684. The van der Waals surface area contributed by atoms with E-state index in [1.165, 1.54) is 6.08 Å². The standard InChI is InChI=1S/C19H22O9/c1-7-4-10(20)28-13(7)16(3)5-9-17-6-26-19(25,15(16)17)11(21)8(2)18(17,24)12(22)14(23)27-9/h4,9,11-13,15,21-22,24-25H,2,5-6H2,1,3H3/t9-,11-,12+,13+,15-,16-,17-,18+,19+/m1/s1. The Kier molecular flexibility index (Phi) is 3.16. The second-order valence-corrected chi connectivity index (χ2v) is 8.95. The number of rotatable bonds is 1. The minimum atomic E-state index is -2.27. The normalized spacial score (nSPS) is 57.0. The van der Waals surface area contributed by atoms with Gasteiger partial charge in [0.05, 0.1) is 12.0 Å². The van der Waals surface area contributed by atoms with Crippen molar-refractivity contribution in [1.82, 2.24) is 0 Å². The summed E-state index contributed by atoms with van der Waals surface area (Å²) >= 11 is 0. The number of cyclic esters (lactones) is 1. The zero-order valence-corrected chi connectivity index (χ0v) is 15.4. The molecule has 9 atom stereocenters. The predicted octanol–water partition coefficient (Wildman–Crippen LogP) is -1.46. The second-order valence-electron chi connectivity index (χ2n) is 8.95. The molecular formula is C19H22O9. The first kappa shape index (κ1) is 18.3. The molecule has 0 aromatic carbocycles. The fourth-order valence-electron chi connectivity index (χ4n) is 6.75. The zero-order chi connectivity index (χ0) is 20.4. The van der Waals surface area contributed by atoms with E-state index in [1.54, 1.807) is 13.8 Å². The Hall–Kier alpha value is -1.78. The highest BCUT2D eigenvalue weighted by Gasteiger charge is 2.88. The molecule has 5 aliphatic rings. The summed E-state index contributed by atoms with van der Waals surface area (Å²) in [4.78, 5) is 24.2. The van der Waals surface area contributed by atoms with Gasteiger partial charge >= 0.3 is 11.9 Å². The largest absolute Gasteiger partial charge is 0.460 e. The number of aliphatic hydroxyl groups is 4. The van der Waals surface area contributed by atoms with Crippen molar-refractivity contribution in [3.8, 4) is 0 Å². The lowest BCUT2D eigenvalue weighted by molar-refractivity contribution is -0.294. The molecule has 0 aromatic rings. The third kappa shape index (κ3) is 1.57. The summed E-state index contributed by atoms with van der Waals surface area (Å²) in [5, 5.41) is 44.4. The minimum Gasteiger partial charge on any atom is -0.460 e. The van der Waals surface area contributed by atoms with Gasteiger partial charge in [0.1, 0.15) is 23.9 Å². The molecule has 3 heterocycles. The zero-order valence-electron chi connectivity index (χ0n) is 15.4. The Morgan fingerprint density at radius 2 is 1.86 bits per heavy atom. The van der Waals surface area contributed by atoms with Crippen molar-refractivity contribution in [2.75, 3.05) is 6.61 Å². The molecule has 9 heteroatoms. The van der Waals surface area contributed by atoms with Crippen LogP contribution in [-0.4, -0.2) is 74.8 Å². The third-order valence-electron chi connectivity index (χ3n) is 7.72. The predicted molar refractivity (Wildman–Crippen MR) is 89.2 cm³/mol. The molecule has 3 aliphatic heterocycles. The first-order valence-electron chi connectivity index (χ1n) is 9.18. The Morgan fingerprint density at radius 1 is 1.18 bits per heavy atom. The van der Waals surface area contributed by atoms with Gasteiger partial charge in [-0.1, -0.05) is 13.5 Å². The van der Waals surface area contributed by atoms with Crippen LogP contribution in [0.15, 0.2) is 23.8 Å². The van der Waals surface area contributed by atoms with Crippen molar-refractivity contribution in [2.45, 2.75) is 56.1 Å². The van der Waals surface area contributed by atoms with Crippen LogP contribution >= 0.6 is 0 Å². The number of carbonyl (C=O) groups is 2. The smallest absolute Gasteiger partial charge is 0.338 e. The average molecular weight is 394 g/mol. The highest BCUT2D eigenvalue weighted by Crippen LogP contribution is 2.75. The van der Waals surface area contributed by atoms with Gasteiger partial charge in [-0.05, 0) is 24.5 Å². The minimum absolute atomic E-state index is 0.132. The maximum absolute atomic E-state index is 12.3. The molecule has 2 bridgehead atoms. The SMILES string of the molecule is C=C1[C@@H](O)[C@]2(O)OC[C@@]34[C@@H](C[C@](C)([C@H]5OC(=O)C=C5C)[C@@H]23)OC(=O)[C@H](O)[C@@]14O. The topological polar surface area (TPSA) is 143 Å². The summed E-state index contributed by atoms with van der Waals surface area (Å²) in [6.45, 7) is 6.85. The summed E-state index contributed by atoms with van der Waals surface area (Å²) in [7, 11) is 0. The molecule has 5 rings (SSSR count). The highest BCUT2D eigenvalue weighted by atomic mass is 16.7. The van der Waals surface area contributed by atoms with Crippen LogP contribution in [0.4, 0.5) is 0 Å². The average Bonchev–Trinajstić information content (AvgIpc) is 3.22. The Labute approximate surface area is 160 Å². The molecule has 2 saturated heterocycles. The van der Waals surface area contributed by atoms with Crippen molar-refractivity contribution in [3.63, 3.8) is 0 Å². The summed E-state index contributed by atoms with van der Waals surface area (Å²) in [5.74, 6) is -4.73. The van der Waals surface area contributed by atoms with Crippen LogP contribution in [0.2, 0.25) is 0 Å². The summed E-state index contributed by atoms with van der Waals surface area (Å²) < 4.78 is 16.6. The molecule has 0 aromatic heterocycles. The number of hydrogen-bond acceptors (Lipinski definition) is 9. The van der Waals surface area contributed by atoms with Gasteiger partial charge in [0.25, 0.3) is 0 Å². The van der Waals surface area contributed by atoms with E-state index < -0.39 is 64.5 Å². The lowest BCUT2D eigenvalue weighted by atomic mass is 9.49. The van der Waals surface area contributed by atoms with E-state index in [0.717, 1.165) is 0 Å². The van der Waals surface area contributed by atoms with Gasteiger partial charge in [-0.15, -0.1) is 0 Å². The molecule has 2 saturated carbocycles. The number of ether oxygens (including phenoxy) is 3. The number of aliphatic hydroxyl groups excluding tert-OH is 2. The molecule has 9 nitrogen and oxygen atoms in total. The molecule has 0 amide bonds. The Balaban J connectivity index is 1.77. The van der Waals surface area contributed by atoms with E-state index in [1.807, 2.05) is 0 Å². The van der Waals surface area contributed by atoms with Crippen molar-refractivity contribution in [1.29, 1.82) is 0 Å². The lowest BCUT2D eigenvalue weighted by Gasteiger charge is -2.59. The first-order chi connectivity index (χ1) is 12.9. The van der Waals surface area contributed by atoms with Gasteiger partial charge in [-0.3, -0.25) is 0 Å². The Morgan fingerprint density at radius 3 is 2.46 bits per heavy atom. The van der Waals surface area contributed by atoms with Crippen LogP contribution in [0, 0.1) is 16.7 Å². The number of hydrogen-bond donors (Lipinski definition) is 4. The van der Waals surface area contributed by atoms with Gasteiger partial charge < -0.3 is 34.6 Å². The maximum Gasteiger partial charge on any atom is 0.338 e. The van der Waals surface area contributed by atoms with E-state index in [2.05, 4.69) is 6.58 Å². The molecule has 1 spiro atoms. The summed E-state index contributed by atoms with van der Waals surface area (Å²) in [5.41, 5.74) is -4.45. The van der Waals surface area contributed by atoms with Crippen molar-refractivity contribution in [3.05, 3.63) is 23.8 Å². The van der Waals surface area contributed by atoms with Crippen molar-refractivity contribution in [2.24, 2.45) is 16.7 Å². The first-order valence-corrected chi connectivity index (χ1v) is 9.18. The van der Waals surface area contributed by atoms with Crippen LogP contribution in [-0.2, 0) is 23.8 Å². The van der Waals surface area contributed by atoms with E-state index in [9.17, 15) is 30.0 Å². The molecule has 4 N–H and O–H groups in total. The maximum atomic E-state index is 12.3. The quantitative estimate of drug-likeness (QED) is 0.310. The van der Waals surface area contributed by atoms with Crippen LogP contribution in [0.1, 0.15) is 20.3 Å². The molecule has 4 fully saturated rings. The van der Waals surface area contributed by atoms with Crippen LogP contribution in [0.3, 0.4) is 0 Å². The summed E-state index contributed by atoms with van der Waals surface area (Å²) in [6, 6.07) is 0. The van der Waals surface area contributed by atoms with E-state index in [-0.39, 0.29) is 18.6 Å². The second kappa shape index (κ2) is 4.85. The van der Waals surface area contributed by atoms with Gasteiger partial charge in [-0.25, -0.2) is 9.59 Å². The van der Waals surface area contributed by atoms with Gasteiger partial charge in [0.2, 0.25) is 5.79 Å². The van der Waals surface area contributed by atoms with Crippen molar-refractivity contribution < 1.29 is 44.2 Å². The molecule has 152 valence electrons. The van der Waals surface area contributed by atoms with Crippen LogP contribution in [0.25, 0.3) is 0 Å².